The minimum Gasteiger partial charge on any atom is -0.378 e. The fourth-order valence-corrected chi connectivity index (χ4v) is 4.89. The Bertz CT molecular complexity index is 1280. The fourth-order valence-electron chi connectivity index (χ4n) is 2.92. The second-order valence-electron chi connectivity index (χ2n) is 6.40. The number of thioether (sulfide) groups is 1. The number of carbonyl (C=O) groups is 1. The quantitative estimate of drug-likeness (QED) is 0.367. The molecule has 146 valence electrons. The molecule has 1 heterocycles. The van der Waals surface area contributed by atoms with Gasteiger partial charge in [-0.2, -0.15) is 8.42 Å². The molecule has 0 atom stereocenters. The third-order valence-corrected chi connectivity index (χ3v) is 6.77. The SMILES string of the molecule is Cc1ccc(S(=O)(=O)Oc2ccc3ccccc3c2/C=C2/SC(=S)NC2=O)cc1. The number of hydrogen-bond acceptors (Lipinski definition) is 6. The Labute approximate surface area is 177 Å². The molecule has 0 aromatic heterocycles. The fraction of sp³-hybridized carbons (Fsp3) is 0.0476. The van der Waals surface area contributed by atoms with Gasteiger partial charge >= 0.3 is 10.1 Å². The molecule has 8 heteroatoms. The Morgan fingerprint density at radius 1 is 1.03 bits per heavy atom. The van der Waals surface area contributed by atoms with E-state index in [1.165, 1.54) is 12.1 Å². The number of amides is 1. The van der Waals surface area contributed by atoms with Crippen LogP contribution in [0.15, 0.2) is 70.5 Å². The first-order chi connectivity index (χ1) is 13.8. The zero-order chi connectivity index (χ0) is 20.6. The molecule has 1 N–H and O–H groups in total. The van der Waals surface area contributed by atoms with E-state index in [1.54, 1.807) is 30.3 Å². The van der Waals surface area contributed by atoms with Crippen molar-refractivity contribution in [3.63, 3.8) is 0 Å². The lowest BCUT2D eigenvalue weighted by Crippen LogP contribution is -2.17. The summed E-state index contributed by atoms with van der Waals surface area (Å²) in [7, 11) is -4.04. The van der Waals surface area contributed by atoms with Gasteiger partial charge in [0.05, 0.1) is 4.91 Å². The van der Waals surface area contributed by atoms with Crippen LogP contribution >= 0.6 is 24.0 Å². The van der Waals surface area contributed by atoms with Crippen LogP contribution in [-0.2, 0) is 14.9 Å². The van der Waals surface area contributed by atoms with E-state index >= 15 is 0 Å². The average Bonchev–Trinajstić information content (AvgIpc) is 3.00. The molecule has 0 aliphatic carbocycles. The first-order valence-corrected chi connectivity index (χ1v) is 11.2. The minimum absolute atomic E-state index is 0.0593. The molecule has 29 heavy (non-hydrogen) atoms. The van der Waals surface area contributed by atoms with Crippen LogP contribution in [0.5, 0.6) is 5.75 Å². The second kappa shape index (κ2) is 7.62. The van der Waals surface area contributed by atoms with Crippen LogP contribution in [0.25, 0.3) is 16.8 Å². The summed E-state index contributed by atoms with van der Waals surface area (Å²) in [6.07, 6.45) is 1.61. The van der Waals surface area contributed by atoms with Crippen molar-refractivity contribution < 1.29 is 17.4 Å². The number of benzene rings is 3. The summed E-state index contributed by atoms with van der Waals surface area (Å²) < 4.78 is 31.5. The number of carbonyl (C=O) groups excluding carboxylic acids is 1. The van der Waals surface area contributed by atoms with Crippen molar-refractivity contribution in [2.75, 3.05) is 0 Å². The van der Waals surface area contributed by atoms with Crippen molar-refractivity contribution in [2.45, 2.75) is 11.8 Å². The largest absolute Gasteiger partial charge is 0.378 e. The van der Waals surface area contributed by atoms with Crippen LogP contribution in [0.4, 0.5) is 0 Å². The monoisotopic (exact) mass is 441 g/mol. The molecule has 0 spiro atoms. The minimum atomic E-state index is -4.04. The van der Waals surface area contributed by atoms with Crippen LogP contribution < -0.4 is 9.50 Å². The summed E-state index contributed by atoms with van der Waals surface area (Å²) in [6.45, 7) is 1.87. The van der Waals surface area contributed by atoms with Crippen molar-refractivity contribution in [2.24, 2.45) is 0 Å². The summed E-state index contributed by atoms with van der Waals surface area (Å²) in [6, 6.07) is 17.3. The van der Waals surface area contributed by atoms with E-state index in [-0.39, 0.29) is 16.6 Å². The standard InChI is InChI=1S/C21H15NO4S3/c1-13-6-9-15(10-7-13)29(24,25)26-18-11-8-14-4-2-3-5-16(14)17(18)12-19-20(23)22-21(27)28-19/h2-12H,1H3,(H,22,23,27)/b19-12+. The van der Waals surface area contributed by atoms with E-state index in [4.69, 9.17) is 16.4 Å². The van der Waals surface area contributed by atoms with Gasteiger partial charge in [0.1, 0.15) is 9.22 Å². The molecule has 1 aliphatic rings. The van der Waals surface area contributed by atoms with Crippen LogP contribution in [0.1, 0.15) is 11.1 Å². The van der Waals surface area contributed by atoms with Gasteiger partial charge in [0.25, 0.3) is 5.91 Å². The van der Waals surface area contributed by atoms with Gasteiger partial charge in [0.15, 0.2) is 5.75 Å². The number of thiocarbonyl (C=S) groups is 1. The predicted octanol–water partition coefficient (Wildman–Crippen LogP) is 4.40. The molecule has 1 fully saturated rings. The van der Waals surface area contributed by atoms with E-state index in [0.717, 1.165) is 28.1 Å². The molecule has 0 bridgehead atoms. The normalized spacial score (nSPS) is 15.7. The number of aryl methyl sites for hydroxylation is 1. The topological polar surface area (TPSA) is 72.5 Å². The maximum absolute atomic E-state index is 12.8. The van der Waals surface area contributed by atoms with Crippen molar-refractivity contribution >= 4 is 61.2 Å². The number of hydrogen-bond donors (Lipinski definition) is 1. The van der Waals surface area contributed by atoms with E-state index in [0.29, 0.717) is 14.8 Å². The molecule has 1 saturated heterocycles. The molecule has 1 amide bonds. The Morgan fingerprint density at radius 2 is 1.76 bits per heavy atom. The van der Waals surface area contributed by atoms with E-state index in [9.17, 15) is 13.2 Å². The maximum atomic E-state index is 12.8. The van der Waals surface area contributed by atoms with Crippen molar-refractivity contribution in [3.05, 3.63) is 76.7 Å². The van der Waals surface area contributed by atoms with E-state index in [1.807, 2.05) is 31.2 Å². The summed E-state index contributed by atoms with van der Waals surface area (Å²) in [5.74, 6) is -0.178. The van der Waals surface area contributed by atoms with Gasteiger partial charge in [-0.1, -0.05) is 72.0 Å². The lowest BCUT2D eigenvalue weighted by Gasteiger charge is -2.12. The van der Waals surface area contributed by atoms with Gasteiger partial charge < -0.3 is 9.50 Å². The third kappa shape index (κ3) is 4.05. The smallest absolute Gasteiger partial charge is 0.339 e. The van der Waals surface area contributed by atoms with E-state index < -0.39 is 10.1 Å². The molecular weight excluding hydrogens is 426 g/mol. The molecule has 3 aromatic carbocycles. The Hall–Kier alpha value is -2.68. The summed E-state index contributed by atoms with van der Waals surface area (Å²) >= 11 is 6.17. The molecular formula is C21H15NO4S3. The highest BCUT2D eigenvalue weighted by Crippen LogP contribution is 2.35. The lowest BCUT2D eigenvalue weighted by atomic mass is 10.0. The molecule has 5 nitrogen and oxygen atoms in total. The molecule has 0 saturated carbocycles. The zero-order valence-corrected chi connectivity index (χ0v) is 17.7. The lowest BCUT2D eigenvalue weighted by molar-refractivity contribution is -0.115. The Balaban J connectivity index is 1.84. The number of nitrogens with one attached hydrogen (secondary N) is 1. The van der Waals surface area contributed by atoms with Crippen molar-refractivity contribution in [1.82, 2.24) is 5.32 Å². The molecule has 1 aliphatic heterocycles. The first kappa shape index (κ1) is 19.6. The zero-order valence-electron chi connectivity index (χ0n) is 15.2. The Morgan fingerprint density at radius 3 is 2.45 bits per heavy atom. The molecule has 3 aromatic rings. The van der Waals surface area contributed by atoms with Gasteiger partial charge in [-0.05, 0) is 42.0 Å². The Kier molecular flexibility index (Phi) is 5.16. The van der Waals surface area contributed by atoms with Crippen LogP contribution in [0.2, 0.25) is 0 Å². The van der Waals surface area contributed by atoms with Gasteiger partial charge in [-0.15, -0.1) is 0 Å². The maximum Gasteiger partial charge on any atom is 0.339 e. The van der Waals surface area contributed by atoms with E-state index in [2.05, 4.69) is 5.32 Å². The van der Waals surface area contributed by atoms with Crippen LogP contribution in [0.3, 0.4) is 0 Å². The van der Waals surface area contributed by atoms with Gasteiger partial charge in [-0.25, -0.2) is 0 Å². The number of rotatable bonds is 4. The van der Waals surface area contributed by atoms with Crippen molar-refractivity contribution in [1.29, 1.82) is 0 Å². The predicted molar refractivity (Wildman–Crippen MR) is 119 cm³/mol. The molecule has 0 radical (unpaired) electrons. The molecule has 4 rings (SSSR count). The van der Waals surface area contributed by atoms with Crippen LogP contribution in [-0.4, -0.2) is 18.6 Å². The number of fused-ring (bicyclic) bond motifs is 1. The average molecular weight is 442 g/mol. The highest BCUT2D eigenvalue weighted by Gasteiger charge is 2.24. The van der Waals surface area contributed by atoms with Crippen LogP contribution in [0, 0.1) is 6.92 Å². The third-order valence-electron chi connectivity index (χ3n) is 4.36. The summed E-state index contributed by atoms with van der Waals surface area (Å²) in [5.41, 5.74) is 1.45. The molecule has 0 unspecified atom stereocenters. The second-order valence-corrected chi connectivity index (χ2v) is 9.67. The summed E-state index contributed by atoms with van der Waals surface area (Å²) in [4.78, 5) is 12.6. The highest BCUT2D eigenvalue weighted by atomic mass is 32.2. The highest BCUT2D eigenvalue weighted by molar-refractivity contribution is 8.26. The van der Waals surface area contributed by atoms with Gasteiger partial charge in [-0.3, -0.25) is 4.79 Å². The summed E-state index contributed by atoms with van der Waals surface area (Å²) in [5, 5.41) is 4.22. The van der Waals surface area contributed by atoms with Crippen molar-refractivity contribution in [3.8, 4) is 5.75 Å². The van der Waals surface area contributed by atoms with Gasteiger partial charge in [0, 0.05) is 5.56 Å². The van der Waals surface area contributed by atoms with Gasteiger partial charge in [0.2, 0.25) is 0 Å². The first-order valence-electron chi connectivity index (χ1n) is 8.61.